The van der Waals surface area contributed by atoms with Gasteiger partial charge in [-0.1, -0.05) is 0 Å². The molecule has 1 aromatic rings. The minimum absolute atomic E-state index is 0.128. The van der Waals surface area contributed by atoms with E-state index in [-0.39, 0.29) is 17.8 Å². The lowest BCUT2D eigenvalue weighted by Gasteiger charge is -2.15. The Hall–Kier alpha value is -1.85. The normalized spacial score (nSPS) is 23.5. The van der Waals surface area contributed by atoms with Crippen LogP contribution in [0.25, 0.3) is 0 Å². The second-order valence-corrected chi connectivity index (χ2v) is 4.06. The molecule has 17 heavy (non-hydrogen) atoms. The fourth-order valence-electron chi connectivity index (χ4n) is 2.05. The molecule has 0 radical (unpaired) electrons. The first-order chi connectivity index (χ1) is 8.11. The molecule has 2 atom stereocenters. The van der Waals surface area contributed by atoms with Crippen LogP contribution in [-0.4, -0.2) is 34.3 Å². The van der Waals surface area contributed by atoms with Gasteiger partial charge in [0.2, 0.25) is 5.91 Å². The third-order valence-corrected chi connectivity index (χ3v) is 2.82. The molecule has 6 heteroatoms. The molecule has 2 unspecified atom stereocenters. The standard InChI is InChI=1S/C11H15N3O3/c1-3-17-11(16)10-8(4-9(15)13-10)7-5-12-14(2)6-7/h5-6,8,10H,3-4H2,1-2H3,(H,13,15). The zero-order chi connectivity index (χ0) is 12.4. The van der Waals surface area contributed by atoms with Gasteiger partial charge in [0, 0.05) is 25.6 Å². The predicted octanol–water partition coefficient (Wildman–Crippen LogP) is -0.0447. The summed E-state index contributed by atoms with van der Waals surface area (Å²) in [6, 6.07) is -0.591. The lowest BCUT2D eigenvalue weighted by Crippen LogP contribution is -2.37. The minimum Gasteiger partial charge on any atom is -0.464 e. The summed E-state index contributed by atoms with van der Waals surface area (Å²) in [5, 5.41) is 6.70. The first-order valence-corrected chi connectivity index (χ1v) is 5.56. The van der Waals surface area contributed by atoms with Crippen LogP contribution in [0.15, 0.2) is 12.4 Å². The van der Waals surface area contributed by atoms with E-state index in [9.17, 15) is 9.59 Å². The van der Waals surface area contributed by atoms with E-state index < -0.39 is 6.04 Å². The molecule has 1 fully saturated rings. The highest BCUT2D eigenvalue weighted by molar-refractivity contribution is 5.90. The van der Waals surface area contributed by atoms with Crippen LogP contribution in [0, 0.1) is 0 Å². The van der Waals surface area contributed by atoms with Crippen LogP contribution in [-0.2, 0) is 21.4 Å². The van der Waals surface area contributed by atoms with Gasteiger partial charge >= 0.3 is 5.97 Å². The SMILES string of the molecule is CCOC(=O)C1NC(=O)CC1c1cnn(C)c1. The number of ether oxygens (including phenoxy) is 1. The molecule has 2 heterocycles. The summed E-state index contributed by atoms with van der Waals surface area (Å²) >= 11 is 0. The fourth-order valence-corrected chi connectivity index (χ4v) is 2.05. The maximum Gasteiger partial charge on any atom is 0.329 e. The third-order valence-electron chi connectivity index (χ3n) is 2.82. The second kappa shape index (κ2) is 4.57. The molecule has 0 saturated carbocycles. The van der Waals surface area contributed by atoms with Crippen molar-refractivity contribution in [3.63, 3.8) is 0 Å². The van der Waals surface area contributed by atoms with Crippen LogP contribution in [0.3, 0.4) is 0 Å². The first-order valence-electron chi connectivity index (χ1n) is 5.56. The summed E-state index contributed by atoms with van der Waals surface area (Å²) in [5.41, 5.74) is 0.879. The van der Waals surface area contributed by atoms with Crippen molar-refractivity contribution in [2.24, 2.45) is 7.05 Å². The Balaban J connectivity index is 2.19. The minimum atomic E-state index is -0.591. The van der Waals surface area contributed by atoms with Crippen LogP contribution < -0.4 is 5.32 Å². The summed E-state index contributed by atoms with van der Waals surface area (Å²) in [5.74, 6) is -0.695. The summed E-state index contributed by atoms with van der Waals surface area (Å²) in [6.45, 7) is 2.05. The average Bonchev–Trinajstić information content (AvgIpc) is 2.84. The molecule has 2 rings (SSSR count). The molecular weight excluding hydrogens is 222 g/mol. The van der Waals surface area contributed by atoms with Gasteiger partial charge in [-0.2, -0.15) is 5.10 Å². The van der Waals surface area contributed by atoms with Gasteiger partial charge in [0.15, 0.2) is 0 Å². The highest BCUT2D eigenvalue weighted by Gasteiger charge is 2.39. The van der Waals surface area contributed by atoms with Crippen LogP contribution in [0.2, 0.25) is 0 Å². The van der Waals surface area contributed by atoms with Crippen molar-refractivity contribution in [2.75, 3.05) is 6.61 Å². The van der Waals surface area contributed by atoms with Crippen LogP contribution in [0.1, 0.15) is 24.8 Å². The molecular formula is C11H15N3O3. The highest BCUT2D eigenvalue weighted by atomic mass is 16.5. The Labute approximate surface area is 98.9 Å². The molecule has 92 valence electrons. The van der Waals surface area contributed by atoms with E-state index in [1.54, 1.807) is 24.9 Å². The average molecular weight is 237 g/mol. The molecule has 6 nitrogen and oxygen atoms in total. The highest BCUT2D eigenvalue weighted by Crippen LogP contribution is 2.28. The quantitative estimate of drug-likeness (QED) is 0.748. The largest absolute Gasteiger partial charge is 0.464 e. The summed E-state index contributed by atoms with van der Waals surface area (Å²) < 4.78 is 6.60. The van der Waals surface area contributed by atoms with Gasteiger partial charge < -0.3 is 10.1 Å². The van der Waals surface area contributed by atoms with E-state index in [4.69, 9.17) is 4.74 Å². The maximum absolute atomic E-state index is 11.7. The molecule has 1 saturated heterocycles. The molecule has 1 aliphatic heterocycles. The molecule has 1 amide bonds. The van der Waals surface area contributed by atoms with Crippen molar-refractivity contribution in [1.29, 1.82) is 0 Å². The van der Waals surface area contributed by atoms with E-state index in [2.05, 4.69) is 10.4 Å². The number of rotatable bonds is 3. The van der Waals surface area contributed by atoms with Crippen molar-refractivity contribution in [3.8, 4) is 0 Å². The van der Waals surface area contributed by atoms with Gasteiger partial charge in [-0.15, -0.1) is 0 Å². The molecule has 0 aromatic carbocycles. The number of aryl methyl sites for hydroxylation is 1. The van der Waals surface area contributed by atoms with E-state index in [0.717, 1.165) is 5.56 Å². The van der Waals surface area contributed by atoms with E-state index in [0.29, 0.717) is 13.0 Å². The number of hydrogen-bond donors (Lipinski definition) is 1. The second-order valence-electron chi connectivity index (χ2n) is 4.06. The smallest absolute Gasteiger partial charge is 0.329 e. The van der Waals surface area contributed by atoms with Crippen LogP contribution in [0.5, 0.6) is 0 Å². The Morgan fingerprint density at radius 3 is 3.06 bits per heavy atom. The van der Waals surface area contributed by atoms with Crippen LogP contribution >= 0.6 is 0 Å². The Kier molecular flexibility index (Phi) is 3.12. The molecule has 0 spiro atoms. The lowest BCUT2D eigenvalue weighted by molar-refractivity contribution is -0.146. The first kappa shape index (κ1) is 11.6. The Morgan fingerprint density at radius 2 is 2.47 bits per heavy atom. The van der Waals surface area contributed by atoms with E-state index >= 15 is 0 Å². The fraction of sp³-hybridized carbons (Fsp3) is 0.545. The van der Waals surface area contributed by atoms with Gasteiger partial charge in [0.25, 0.3) is 0 Å². The maximum atomic E-state index is 11.7. The Morgan fingerprint density at radius 1 is 1.71 bits per heavy atom. The number of nitrogens with one attached hydrogen (secondary N) is 1. The number of nitrogens with zero attached hydrogens (tertiary/aromatic N) is 2. The van der Waals surface area contributed by atoms with Crippen molar-refractivity contribution in [2.45, 2.75) is 25.3 Å². The molecule has 1 aliphatic rings. The van der Waals surface area contributed by atoms with Gasteiger partial charge in [-0.05, 0) is 12.5 Å². The number of hydrogen-bond acceptors (Lipinski definition) is 4. The molecule has 0 bridgehead atoms. The number of esters is 1. The topological polar surface area (TPSA) is 73.2 Å². The van der Waals surface area contributed by atoms with Crippen molar-refractivity contribution >= 4 is 11.9 Å². The number of carbonyl (C=O) groups excluding carboxylic acids is 2. The van der Waals surface area contributed by atoms with Crippen molar-refractivity contribution in [1.82, 2.24) is 15.1 Å². The van der Waals surface area contributed by atoms with E-state index in [1.807, 2.05) is 6.20 Å². The number of carbonyl (C=O) groups is 2. The number of amides is 1. The van der Waals surface area contributed by atoms with E-state index in [1.165, 1.54) is 0 Å². The van der Waals surface area contributed by atoms with Gasteiger partial charge in [0.1, 0.15) is 6.04 Å². The van der Waals surface area contributed by atoms with Crippen molar-refractivity contribution < 1.29 is 14.3 Å². The predicted molar refractivity (Wildman–Crippen MR) is 59.1 cm³/mol. The van der Waals surface area contributed by atoms with Gasteiger partial charge in [-0.25, -0.2) is 4.79 Å². The molecule has 0 aliphatic carbocycles. The third kappa shape index (κ3) is 2.30. The van der Waals surface area contributed by atoms with Crippen molar-refractivity contribution in [3.05, 3.63) is 18.0 Å². The number of aromatic nitrogens is 2. The lowest BCUT2D eigenvalue weighted by atomic mass is 9.94. The molecule has 1 aromatic heterocycles. The van der Waals surface area contributed by atoms with Gasteiger partial charge in [0.05, 0.1) is 12.8 Å². The summed E-state index contributed by atoms with van der Waals surface area (Å²) in [6.07, 6.45) is 3.80. The monoisotopic (exact) mass is 237 g/mol. The van der Waals surface area contributed by atoms with Crippen LogP contribution in [0.4, 0.5) is 0 Å². The summed E-state index contributed by atoms with van der Waals surface area (Å²) in [4.78, 5) is 23.1. The summed E-state index contributed by atoms with van der Waals surface area (Å²) in [7, 11) is 1.80. The zero-order valence-corrected chi connectivity index (χ0v) is 9.84. The Bertz CT molecular complexity index is 441. The molecule has 1 N–H and O–H groups in total. The zero-order valence-electron chi connectivity index (χ0n) is 9.84. The van der Waals surface area contributed by atoms with Gasteiger partial charge in [-0.3, -0.25) is 9.48 Å².